The molecule has 2 heterocycles. The van der Waals surface area contributed by atoms with Gasteiger partial charge in [0, 0.05) is 44.3 Å². The second-order valence-electron chi connectivity index (χ2n) is 5.91. The summed E-state index contributed by atoms with van der Waals surface area (Å²) >= 11 is 0. The van der Waals surface area contributed by atoms with E-state index < -0.39 is 0 Å². The zero-order valence-electron chi connectivity index (χ0n) is 10.8. The lowest BCUT2D eigenvalue weighted by Crippen LogP contribution is -2.67. The molecule has 2 aliphatic rings. The van der Waals surface area contributed by atoms with Crippen molar-refractivity contribution in [3.63, 3.8) is 0 Å². The van der Waals surface area contributed by atoms with Crippen LogP contribution in [0, 0.1) is 0 Å². The van der Waals surface area contributed by atoms with Gasteiger partial charge in [-0.25, -0.2) is 0 Å². The van der Waals surface area contributed by atoms with Crippen molar-refractivity contribution in [1.82, 2.24) is 9.80 Å². The van der Waals surface area contributed by atoms with E-state index in [0.29, 0.717) is 12.1 Å². The van der Waals surface area contributed by atoms with Gasteiger partial charge in [-0.2, -0.15) is 0 Å². The molecule has 4 heteroatoms. The van der Waals surface area contributed by atoms with E-state index in [1.165, 1.54) is 0 Å². The highest BCUT2D eigenvalue weighted by Crippen LogP contribution is 2.19. The Hall–Kier alpha value is -0.160. The number of nitrogens with two attached hydrogens (primary N) is 1. The normalized spacial score (nSPS) is 31.7. The molecule has 0 saturated carbocycles. The molecule has 4 nitrogen and oxygen atoms in total. The van der Waals surface area contributed by atoms with Gasteiger partial charge in [-0.3, -0.25) is 9.80 Å². The van der Waals surface area contributed by atoms with Crippen molar-refractivity contribution in [2.45, 2.75) is 38.5 Å². The Morgan fingerprint density at radius 3 is 2.69 bits per heavy atom. The maximum atomic E-state index is 6.00. The van der Waals surface area contributed by atoms with Crippen molar-refractivity contribution in [3.05, 3.63) is 0 Å². The van der Waals surface area contributed by atoms with E-state index in [-0.39, 0.29) is 5.54 Å². The van der Waals surface area contributed by atoms with Crippen LogP contribution in [0.15, 0.2) is 0 Å². The van der Waals surface area contributed by atoms with Gasteiger partial charge in [0.05, 0.1) is 12.7 Å². The van der Waals surface area contributed by atoms with Gasteiger partial charge in [0.15, 0.2) is 0 Å². The number of hydrogen-bond acceptors (Lipinski definition) is 4. The van der Waals surface area contributed by atoms with E-state index in [1.807, 2.05) is 0 Å². The summed E-state index contributed by atoms with van der Waals surface area (Å²) in [7, 11) is 0. The third-order valence-electron chi connectivity index (χ3n) is 3.53. The molecule has 0 aromatic heterocycles. The Bertz CT molecular complexity index is 234. The Morgan fingerprint density at radius 1 is 1.44 bits per heavy atom. The molecule has 94 valence electrons. The standard InChI is InChI=1S/C12H25N3O/c1-10(2)15-4-5-16-11(7-15)6-14-8-12(3,13)9-14/h10-11H,4-9,13H2,1-3H3. The van der Waals surface area contributed by atoms with E-state index in [1.54, 1.807) is 0 Å². The molecule has 0 aliphatic carbocycles. The summed E-state index contributed by atoms with van der Waals surface area (Å²) in [6.45, 7) is 12.7. The Morgan fingerprint density at radius 2 is 2.12 bits per heavy atom. The molecule has 2 fully saturated rings. The topological polar surface area (TPSA) is 41.7 Å². The largest absolute Gasteiger partial charge is 0.374 e. The molecule has 2 aliphatic heterocycles. The molecule has 2 saturated heterocycles. The zero-order chi connectivity index (χ0) is 11.8. The quantitative estimate of drug-likeness (QED) is 0.744. The summed E-state index contributed by atoms with van der Waals surface area (Å²) in [5.41, 5.74) is 6.03. The molecule has 2 N–H and O–H groups in total. The average molecular weight is 227 g/mol. The van der Waals surface area contributed by atoms with Gasteiger partial charge in [0.1, 0.15) is 0 Å². The molecule has 0 spiro atoms. The smallest absolute Gasteiger partial charge is 0.0829 e. The molecule has 16 heavy (non-hydrogen) atoms. The first kappa shape index (κ1) is 12.3. The summed E-state index contributed by atoms with van der Waals surface area (Å²) < 4.78 is 5.81. The van der Waals surface area contributed by atoms with Gasteiger partial charge in [-0.15, -0.1) is 0 Å². The third-order valence-corrected chi connectivity index (χ3v) is 3.53. The molecular weight excluding hydrogens is 202 g/mol. The van der Waals surface area contributed by atoms with E-state index in [2.05, 4.69) is 30.6 Å². The van der Waals surface area contributed by atoms with Crippen LogP contribution >= 0.6 is 0 Å². The molecular formula is C12H25N3O. The minimum absolute atomic E-state index is 0.0341. The average Bonchev–Trinajstić information content (AvgIpc) is 2.15. The number of hydrogen-bond donors (Lipinski definition) is 1. The number of rotatable bonds is 3. The fourth-order valence-electron chi connectivity index (χ4n) is 2.71. The second-order valence-corrected chi connectivity index (χ2v) is 5.91. The minimum Gasteiger partial charge on any atom is -0.374 e. The maximum Gasteiger partial charge on any atom is 0.0829 e. The molecule has 0 amide bonds. The van der Waals surface area contributed by atoms with Crippen LogP contribution < -0.4 is 5.73 Å². The number of likely N-dealkylation sites (tertiary alicyclic amines) is 1. The predicted octanol–water partition coefficient (Wildman–Crippen LogP) is 0.129. The van der Waals surface area contributed by atoms with Gasteiger partial charge < -0.3 is 10.5 Å². The van der Waals surface area contributed by atoms with Crippen molar-refractivity contribution >= 4 is 0 Å². The molecule has 0 aromatic rings. The van der Waals surface area contributed by atoms with Crippen LogP contribution in [0.4, 0.5) is 0 Å². The van der Waals surface area contributed by atoms with Crippen LogP contribution in [0.5, 0.6) is 0 Å². The molecule has 1 atom stereocenters. The van der Waals surface area contributed by atoms with Crippen LogP contribution in [0.2, 0.25) is 0 Å². The molecule has 0 bridgehead atoms. The van der Waals surface area contributed by atoms with E-state index in [4.69, 9.17) is 10.5 Å². The Kier molecular flexibility index (Phi) is 3.54. The van der Waals surface area contributed by atoms with Gasteiger partial charge in [-0.1, -0.05) is 0 Å². The predicted molar refractivity (Wildman–Crippen MR) is 65.5 cm³/mol. The first-order chi connectivity index (χ1) is 7.46. The van der Waals surface area contributed by atoms with Crippen molar-refractivity contribution < 1.29 is 4.74 Å². The van der Waals surface area contributed by atoms with Gasteiger partial charge in [0.2, 0.25) is 0 Å². The highest BCUT2D eigenvalue weighted by Gasteiger charge is 2.36. The van der Waals surface area contributed by atoms with Crippen molar-refractivity contribution in [2.75, 3.05) is 39.3 Å². The van der Waals surface area contributed by atoms with Crippen LogP contribution in [0.3, 0.4) is 0 Å². The SMILES string of the molecule is CC(C)N1CCOC(CN2CC(C)(N)C2)C1. The van der Waals surface area contributed by atoms with Crippen molar-refractivity contribution in [2.24, 2.45) is 5.73 Å². The zero-order valence-corrected chi connectivity index (χ0v) is 10.8. The lowest BCUT2D eigenvalue weighted by molar-refractivity contribution is -0.0677. The Labute approximate surface area is 98.7 Å². The number of ether oxygens (including phenoxy) is 1. The van der Waals surface area contributed by atoms with Crippen molar-refractivity contribution in [3.8, 4) is 0 Å². The fourth-order valence-corrected chi connectivity index (χ4v) is 2.71. The number of morpholine rings is 1. The summed E-state index contributed by atoms with van der Waals surface area (Å²) in [4.78, 5) is 4.89. The fraction of sp³-hybridized carbons (Fsp3) is 1.00. The first-order valence-corrected chi connectivity index (χ1v) is 6.33. The van der Waals surface area contributed by atoms with Crippen molar-refractivity contribution in [1.29, 1.82) is 0 Å². The monoisotopic (exact) mass is 227 g/mol. The minimum atomic E-state index is 0.0341. The highest BCUT2D eigenvalue weighted by atomic mass is 16.5. The summed E-state index contributed by atoms with van der Waals surface area (Å²) in [6, 6.07) is 0.627. The van der Waals surface area contributed by atoms with Crippen LogP contribution in [0.1, 0.15) is 20.8 Å². The summed E-state index contributed by atoms with van der Waals surface area (Å²) in [6.07, 6.45) is 0.368. The number of nitrogens with zero attached hydrogens (tertiary/aromatic N) is 2. The van der Waals surface area contributed by atoms with Crippen LogP contribution in [-0.4, -0.2) is 66.8 Å². The second kappa shape index (κ2) is 4.61. The van der Waals surface area contributed by atoms with E-state index in [0.717, 1.165) is 39.3 Å². The first-order valence-electron chi connectivity index (χ1n) is 6.33. The molecule has 0 radical (unpaired) electrons. The highest BCUT2D eigenvalue weighted by molar-refractivity contribution is 4.97. The Balaban J connectivity index is 1.74. The van der Waals surface area contributed by atoms with Gasteiger partial charge in [-0.05, 0) is 20.8 Å². The lowest BCUT2D eigenvalue weighted by Gasteiger charge is -2.47. The van der Waals surface area contributed by atoms with Crippen LogP contribution in [-0.2, 0) is 4.74 Å². The maximum absolute atomic E-state index is 6.00. The van der Waals surface area contributed by atoms with E-state index >= 15 is 0 Å². The third kappa shape index (κ3) is 2.94. The van der Waals surface area contributed by atoms with Gasteiger partial charge >= 0.3 is 0 Å². The van der Waals surface area contributed by atoms with E-state index in [9.17, 15) is 0 Å². The van der Waals surface area contributed by atoms with Crippen LogP contribution in [0.25, 0.3) is 0 Å². The molecule has 0 aromatic carbocycles. The molecule has 1 unspecified atom stereocenters. The summed E-state index contributed by atoms with van der Waals surface area (Å²) in [5, 5.41) is 0. The molecule has 2 rings (SSSR count). The van der Waals surface area contributed by atoms with Gasteiger partial charge in [0.25, 0.3) is 0 Å². The lowest BCUT2D eigenvalue weighted by atomic mass is 9.93. The summed E-state index contributed by atoms with van der Waals surface area (Å²) in [5.74, 6) is 0.